The molecule has 0 saturated carbocycles. The van der Waals surface area contributed by atoms with Crippen molar-refractivity contribution >= 4 is 27.6 Å². The molecule has 7 heteroatoms. The lowest BCUT2D eigenvalue weighted by Gasteiger charge is -2.12. The van der Waals surface area contributed by atoms with Crippen molar-refractivity contribution in [3.63, 3.8) is 0 Å². The Morgan fingerprint density at radius 1 is 1.00 bits per heavy atom. The van der Waals surface area contributed by atoms with Crippen molar-refractivity contribution in [2.45, 2.75) is 6.42 Å². The average Bonchev–Trinajstić information content (AvgIpc) is 2.70. The molecule has 0 radical (unpaired) electrons. The molecular weight excluding hydrogens is 426 g/mol. The number of rotatable bonds is 7. The highest BCUT2D eigenvalue weighted by atomic mass is 79.9. The number of hydrogen-bond acceptors (Lipinski definition) is 5. The van der Waals surface area contributed by atoms with E-state index in [2.05, 4.69) is 15.9 Å². The summed E-state index contributed by atoms with van der Waals surface area (Å²) in [6.07, 6.45) is 0.702. The van der Waals surface area contributed by atoms with E-state index >= 15 is 0 Å². The van der Waals surface area contributed by atoms with E-state index in [0.717, 1.165) is 5.56 Å². The second-order valence-corrected chi connectivity index (χ2v) is 6.78. The van der Waals surface area contributed by atoms with Crippen LogP contribution in [0.5, 0.6) is 11.5 Å². The maximum absolute atomic E-state index is 12.6. The molecule has 28 heavy (non-hydrogen) atoms. The zero-order valence-corrected chi connectivity index (χ0v) is 16.3. The van der Waals surface area contributed by atoms with E-state index in [1.807, 2.05) is 30.3 Å². The quantitative estimate of drug-likeness (QED) is 0.218. The van der Waals surface area contributed by atoms with E-state index < -0.39 is 10.9 Å². The van der Waals surface area contributed by atoms with Gasteiger partial charge in [0.15, 0.2) is 0 Å². The van der Waals surface area contributed by atoms with Crippen LogP contribution in [0.3, 0.4) is 0 Å². The Balaban J connectivity index is 1.70. The molecule has 0 atom stereocenters. The van der Waals surface area contributed by atoms with E-state index in [1.165, 1.54) is 24.3 Å². The predicted molar refractivity (Wildman–Crippen MR) is 108 cm³/mol. The number of ether oxygens (including phenoxy) is 2. The van der Waals surface area contributed by atoms with Crippen molar-refractivity contribution < 1.29 is 19.2 Å². The molecule has 142 valence electrons. The number of carbonyl (C=O) groups is 1. The van der Waals surface area contributed by atoms with Gasteiger partial charge in [-0.25, -0.2) is 4.79 Å². The van der Waals surface area contributed by atoms with E-state index in [-0.39, 0.29) is 17.0 Å². The molecule has 0 aliphatic carbocycles. The first-order valence-electron chi connectivity index (χ1n) is 8.46. The molecule has 0 aliphatic heterocycles. The van der Waals surface area contributed by atoms with Crippen molar-refractivity contribution in [2.24, 2.45) is 0 Å². The second kappa shape index (κ2) is 9.14. The summed E-state index contributed by atoms with van der Waals surface area (Å²) in [5.74, 6) is 0.0155. The third kappa shape index (κ3) is 5.17. The smallest absolute Gasteiger partial charge is 0.347 e. The zero-order chi connectivity index (χ0) is 19.9. The molecule has 0 aromatic heterocycles. The molecule has 6 nitrogen and oxygen atoms in total. The molecule has 3 aromatic rings. The van der Waals surface area contributed by atoms with Crippen molar-refractivity contribution in [3.8, 4) is 11.5 Å². The van der Waals surface area contributed by atoms with Gasteiger partial charge < -0.3 is 9.47 Å². The molecule has 0 saturated heterocycles. The van der Waals surface area contributed by atoms with Crippen LogP contribution in [0.4, 0.5) is 5.69 Å². The third-order valence-corrected chi connectivity index (χ3v) is 4.40. The van der Waals surface area contributed by atoms with E-state index in [1.54, 1.807) is 18.2 Å². The lowest BCUT2D eigenvalue weighted by Crippen LogP contribution is -2.12. The summed E-state index contributed by atoms with van der Waals surface area (Å²) in [6.45, 7) is 0.406. The SMILES string of the molecule is O=C(Oc1ccc([N+](=O)[O-])cc1)c1cc(Br)ccc1OCCc1ccccc1. The Kier molecular flexibility index (Phi) is 6.39. The summed E-state index contributed by atoms with van der Waals surface area (Å²) >= 11 is 3.34. The average molecular weight is 442 g/mol. The van der Waals surface area contributed by atoms with E-state index in [0.29, 0.717) is 23.2 Å². The molecule has 0 aliphatic rings. The lowest BCUT2D eigenvalue weighted by atomic mass is 10.1. The van der Waals surface area contributed by atoms with Crippen molar-refractivity contribution in [2.75, 3.05) is 6.61 Å². The first-order chi connectivity index (χ1) is 13.5. The maximum Gasteiger partial charge on any atom is 0.347 e. The van der Waals surface area contributed by atoms with E-state index in [9.17, 15) is 14.9 Å². The van der Waals surface area contributed by atoms with Gasteiger partial charge in [-0.3, -0.25) is 10.1 Å². The molecule has 0 N–H and O–H groups in total. The van der Waals surface area contributed by atoms with Gasteiger partial charge in [-0.1, -0.05) is 46.3 Å². The van der Waals surface area contributed by atoms with Gasteiger partial charge in [0.1, 0.15) is 17.1 Å². The summed E-state index contributed by atoms with van der Waals surface area (Å²) in [6, 6.07) is 20.3. The van der Waals surface area contributed by atoms with Crippen LogP contribution in [-0.4, -0.2) is 17.5 Å². The number of nitrogens with zero attached hydrogens (tertiary/aromatic N) is 1. The minimum atomic E-state index is -0.607. The minimum Gasteiger partial charge on any atom is -0.492 e. The minimum absolute atomic E-state index is 0.0767. The van der Waals surface area contributed by atoms with Crippen molar-refractivity contribution in [1.29, 1.82) is 0 Å². The zero-order valence-electron chi connectivity index (χ0n) is 14.7. The molecule has 3 rings (SSSR count). The highest BCUT2D eigenvalue weighted by Crippen LogP contribution is 2.26. The highest BCUT2D eigenvalue weighted by Gasteiger charge is 2.16. The molecule has 0 amide bonds. The van der Waals surface area contributed by atoms with E-state index in [4.69, 9.17) is 9.47 Å². The number of esters is 1. The summed E-state index contributed by atoms with van der Waals surface area (Å²) in [7, 11) is 0. The fourth-order valence-electron chi connectivity index (χ4n) is 2.51. The third-order valence-electron chi connectivity index (χ3n) is 3.91. The Morgan fingerprint density at radius 2 is 1.71 bits per heavy atom. The summed E-state index contributed by atoms with van der Waals surface area (Å²) in [4.78, 5) is 22.8. The highest BCUT2D eigenvalue weighted by molar-refractivity contribution is 9.10. The van der Waals surface area contributed by atoms with Crippen molar-refractivity contribution in [1.82, 2.24) is 0 Å². The molecule has 0 unspecified atom stereocenters. The normalized spacial score (nSPS) is 10.3. The molecular formula is C21H16BrNO5. The van der Waals surface area contributed by atoms with Crippen LogP contribution in [0.2, 0.25) is 0 Å². The summed E-state index contributed by atoms with van der Waals surface area (Å²) in [5.41, 5.74) is 1.32. The molecule has 0 bridgehead atoms. The second-order valence-electron chi connectivity index (χ2n) is 5.87. The first kappa shape index (κ1) is 19.6. The topological polar surface area (TPSA) is 78.7 Å². The number of benzene rings is 3. The number of hydrogen-bond donors (Lipinski definition) is 0. The number of nitro groups is 1. The van der Waals surface area contributed by atoms with Crippen LogP contribution in [-0.2, 0) is 6.42 Å². The van der Waals surface area contributed by atoms with Crippen LogP contribution in [0.25, 0.3) is 0 Å². The Morgan fingerprint density at radius 3 is 2.39 bits per heavy atom. The monoisotopic (exact) mass is 441 g/mol. The Hall–Kier alpha value is -3.19. The van der Waals surface area contributed by atoms with Gasteiger partial charge in [0.05, 0.1) is 11.5 Å². The van der Waals surface area contributed by atoms with Crippen LogP contribution in [0, 0.1) is 10.1 Å². The van der Waals surface area contributed by atoms with Crippen LogP contribution >= 0.6 is 15.9 Å². The largest absolute Gasteiger partial charge is 0.492 e. The molecule has 0 heterocycles. The number of carbonyl (C=O) groups excluding carboxylic acids is 1. The summed E-state index contributed by atoms with van der Waals surface area (Å²) in [5, 5.41) is 10.7. The van der Waals surface area contributed by atoms with Gasteiger partial charge in [-0.2, -0.15) is 0 Å². The van der Waals surface area contributed by atoms with Gasteiger partial charge in [-0.05, 0) is 35.9 Å². The maximum atomic E-state index is 12.6. The van der Waals surface area contributed by atoms with Crippen LogP contribution in [0.15, 0.2) is 77.3 Å². The number of nitro benzene ring substituents is 1. The van der Waals surface area contributed by atoms with Crippen molar-refractivity contribution in [3.05, 3.63) is 98.5 Å². The summed E-state index contributed by atoms with van der Waals surface area (Å²) < 4.78 is 11.8. The predicted octanol–water partition coefficient (Wildman–Crippen LogP) is 5.20. The molecule has 0 fully saturated rings. The van der Waals surface area contributed by atoms with Gasteiger partial charge in [-0.15, -0.1) is 0 Å². The van der Waals surface area contributed by atoms with Gasteiger partial charge in [0, 0.05) is 23.0 Å². The Bertz CT molecular complexity index is 974. The number of non-ortho nitro benzene ring substituents is 1. The van der Waals surface area contributed by atoms with Crippen LogP contribution in [0.1, 0.15) is 15.9 Å². The standard InChI is InChI=1S/C21H16BrNO5/c22-16-6-11-20(27-13-12-15-4-2-1-3-5-15)19(14-16)21(24)28-18-9-7-17(8-10-18)23(25)26/h1-11,14H,12-13H2. The Labute approximate surface area is 170 Å². The van der Waals surface area contributed by atoms with Crippen LogP contribution < -0.4 is 9.47 Å². The number of halogens is 1. The first-order valence-corrected chi connectivity index (χ1v) is 9.25. The van der Waals surface area contributed by atoms with Gasteiger partial charge in [0.25, 0.3) is 5.69 Å². The fourth-order valence-corrected chi connectivity index (χ4v) is 2.87. The lowest BCUT2D eigenvalue weighted by molar-refractivity contribution is -0.384. The molecule has 0 spiro atoms. The van der Waals surface area contributed by atoms with Gasteiger partial charge >= 0.3 is 5.97 Å². The molecule has 3 aromatic carbocycles. The fraction of sp³-hybridized carbons (Fsp3) is 0.0952. The van der Waals surface area contributed by atoms with Gasteiger partial charge in [0.2, 0.25) is 0 Å².